The lowest BCUT2D eigenvalue weighted by atomic mass is 9.96. The molecule has 2 heterocycles. The maximum absolute atomic E-state index is 5.55. The van der Waals surface area contributed by atoms with Gasteiger partial charge in [0, 0.05) is 12.2 Å². The minimum Gasteiger partial charge on any atom is -0.332 e. The minimum atomic E-state index is 0.765. The topological polar surface area (TPSA) is 43.8 Å². The Kier molecular flexibility index (Phi) is 3.10. The number of aryl methyl sites for hydroxylation is 2. The molecule has 0 aliphatic carbocycles. The van der Waals surface area contributed by atoms with Crippen LogP contribution in [0.25, 0.3) is 0 Å². The van der Waals surface area contributed by atoms with Crippen molar-refractivity contribution in [1.82, 2.24) is 9.55 Å². The highest BCUT2D eigenvalue weighted by atomic mass is 15.1. The fraction of sp³-hybridized carbons (Fsp3) is 0.750. The molecule has 0 fully saturated rings. The van der Waals surface area contributed by atoms with Gasteiger partial charge in [-0.2, -0.15) is 0 Å². The lowest BCUT2D eigenvalue weighted by molar-refractivity contribution is 0.410. The number of rotatable bonds is 3. The summed E-state index contributed by atoms with van der Waals surface area (Å²) in [6.07, 6.45) is 4.59. The maximum atomic E-state index is 5.55. The predicted molar refractivity (Wildman–Crippen MR) is 61.8 cm³/mol. The molecule has 1 aliphatic heterocycles. The van der Waals surface area contributed by atoms with Crippen molar-refractivity contribution >= 4 is 0 Å². The molecule has 0 bridgehead atoms. The molecule has 0 amide bonds. The summed E-state index contributed by atoms with van der Waals surface area (Å²) in [5, 5.41) is 0. The van der Waals surface area contributed by atoms with E-state index in [1.807, 2.05) is 0 Å². The molecule has 0 radical (unpaired) electrons. The van der Waals surface area contributed by atoms with Crippen molar-refractivity contribution in [3.05, 3.63) is 17.2 Å². The molecule has 0 spiro atoms. The molecule has 2 N–H and O–H groups in total. The summed E-state index contributed by atoms with van der Waals surface area (Å²) in [6.45, 7) is 6.36. The Morgan fingerprint density at radius 3 is 3.07 bits per heavy atom. The van der Waals surface area contributed by atoms with Crippen LogP contribution in [0.2, 0.25) is 0 Å². The zero-order chi connectivity index (χ0) is 10.8. The molecule has 0 saturated carbocycles. The highest BCUT2D eigenvalue weighted by Gasteiger charge is 2.20. The quantitative estimate of drug-likeness (QED) is 0.819. The van der Waals surface area contributed by atoms with E-state index in [1.165, 1.54) is 30.1 Å². The van der Waals surface area contributed by atoms with Crippen LogP contribution in [0.5, 0.6) is 0 Å². The Morgan fingerprint density at radius 2 is 2.33 bits per heavy atom. The normalized spacial score (nSPS) is 20.3. The Balaban J connectivity index is 2.24. The number of imidazole rings is 1. The molecule has 1 atom stereocenters. The van der Waals surface area contributed by atoms with E-state index in [9.17, 15) is 0 Å². The van der Waals surface area contributed by atoms with Gasteiger partial charge < -0.3 is 10.3 Å². The fourth-order valence-corrected chi connectivity index (χ4v) is 2.45. The average molecular weight is 207 g/mol. The minimum absolute atomic E-state index is 0.765. The van der Waals surface area contributed by atoms with Gasteiger partial charge in [-0.25, -0.2) is 4.98 Å². The van der Waals surface area contributed by atoms with Crippen molar-refractivity contribution in [2.75, 3.05) is 6.54 Å². The second-order valence-corrected chi connectivity index (χ2v) is 4.69. The molecule has 2 rings (SSSR count). The molecular weight excluding hydrogens is 186 g/mol. The molecule has 1 aromatic rings. The first-order valence-electron chi connectivity index (χ1n) is 5.97. The monoisotopic (exact) mass is 207 g/mol. The summed E-state index contributed by atoms with van der Waals surface area (Å²) in [6, 6.07) is 0. The van der Waals surface area contributed by atoms with E-state index in [4.69, 9.17) is 5.73 Å². The number of aromatic nitrogens is 2. The van der Waals surface area contributed by atoms with Crippen LogP contribution in [0.1, 0.15) is 37.0 Å². The van der Waals surface area contributed by atoms with E-state index in [-0.39, 0.29) is 0 Å². The Bertz CT molecular complexity index is 341. The van der Waals surface area contributed by atoms with E-state index < -0.39 is 0 Å². The molecule has 1 aromatic heterocycles. The van der Waals surface area contributed by atoms with Gasteiger partial charge in [0.05, 0.1) is 5.69 Å². The Morgan fingerprint density at radius 1 is 1.53 bits per heavy atom. The molecule has 0 aromatic carbocycles. The summed E-state index contributed by atoms with van der Waals surface area (Å²) in [7, 11) is 0. The maximum Gasteiger partial charge on any atom is 0.106 e. The Hall–Kier alpha value is -0.830. The van der Waals surface area contributed by atoms with Crippen molar-refractivity contribution in [2.24, 2.45) is 11.7 Å². The van der Waals surface area contributed by atoms with Crippen LogP contribution in [0.4, 0.5) is 0 Å². The zero-order valence-electron chi connectivity index (χ0n) is 9.79. The third-order valence-corrected chi connectivity index (χ3v) is 3.35. The first-order valence-corrected chi connectivity index (χ1v) is 5.97. The molecule has 84 valence electrons. The fourth-order valence-electron chi connectivity index (χ4n) is 2.45. The van der Waals surface area contributed by atoms with E-state index in [0.717, 1.165) is 31.8 Å². The second-order valence-electron chi connectivity index (χ2n) is 4.69. The van der Waals surface area contributed by atoms with Crippen LogP contribution in [0.15, 0.2) is 0 Å². The van der Waals surface area contributed by atoms with Crippen LogP contribution in [0.3, 0.4) is 0 Å². The third-order valence-electron chi connectivity index (χ3n) is 3.35. The van der Waals surface area contributed by atoms with Crippen molar-refractivity contribution in [3.8, 4) is 0 Å². The lowest BCUT2D eigenvalue weighted by Crippen LogP contribution is -2.18. The van der Waals surface area contributed by atoms with Crippen LogP contribution >= 0.6 is 0 Å². The molecule has 1 unspecified atom stereocenters. The summed E-state index contributed by atoms with van der Waals surface area (Å²) >= 11 is 0. The van der Waals surface area contributed by atoms with E-state index in [0.29, 0.717) is 0 Å². The number of nitrogens with zero attached hydrogens (tertiary/aromatic N) is 2. The van der Waals surface area contributed by atoms with Gasteiger partial charge in [-0.15, -0.1) is 0 Å². The van der Waals surface area contributed by atoms with Gasteiger partial charge in [0.2, 0.25) is 0 Å². The molecule has 0 saturated heterocycles. The SMILES string of the molecule is Cc1nc(CCCN)c2n1CCC(C)C2. The number of nitrogens with two attached hydrogens (primary N) is 1. The van der Waals surface area contributed by atoms with Crippen LogP contribution in [0, 0.1) is 12.8 Å². The van der Waals surface area contributed by atoms with E-state index in [1.54, 1.807) is 0 Å². The molecule has 3 nitrogen and oxygen atoms in total. The van der Waals surface area contributed by atoms with Gasteiger partial charge in [-0.05, 0) is 45.1 Å². The van der Waals surface area contributed by atoms with Crippen molar-refractivity contribution in [2.45, 2.75) is 46.1 Å². The first kappa shape index (κ1) is 10.7. The van der Waals surface area contributed by atoms with Crippen LogP contribution in [-0.2, 0) is 19.4 Å². The summed E-state index contributed by atoms with van der Waals surface area (Å²) < 4.78 is 2.39. The van der Waals surface area contributed by atoms with Crippen molar-refractivity contribution in [3.63, 3.8) is 0 Å². The number of hydrogen-bond donors (Lipinski definition) is 1. The van der Waals surface area contributed by atoms with Crippen LogP contribution < -0.4 is 5.73 Å². The van der Waals surface area contributed by atoms with Gasteiger partial charge in [-0.1, -0.05) is 6.92 Å². The Labute approximate surface area is 91.7 Å². The van der Waals surface area contributed by atoms with Gasteiger partial charge >= 0.3 is 0 Å². The van der Waals surface area contributed by atoms with Gasteiger partial charge in [0.25, 0.3) is 0 Å². The average Bonchev–Trinajstić information content (AvgIpc) is 2.52. The standard InChI is InChI=1S/C12H21N3/c1-9-5-7-15-10(2)14-11(4-3-6-13)12(15)8-9/h9H,3-8,13H2,1-2H3. The lowest BCUT2D eigenvalue weighted by Gasteiger charge is -2.22. The summed E-state index contributed by atoms with van der Waals surface area (Å²) in [4.78, 5) is 4.67. The summed E-state index contributed by atoms with van der Waals surface area (Å²) in [5.74, 6) is 1.99. The van der Waals surface area contributed by atoms with E-state index in [2.05, 4.69) is 23.4 Å². The smallest absolute Gasteiger partial charge is 0.106 e. The third kappa shape index (κ3) is 2.07. The molecule has 15 heavy (non-hydrogen) atoms. The summed E-state index contributed by atoms with van der Waals surface area (Å²) in [5.41, 5.74) is 8.32. The predicted octanol–water partition coefficient (Wildman–Crippen LogP) is 1.67. The largest absolute Gasteiger partial charge is 0.332 e. The van der Waals surface area contributed by atoms with Gasteiger partial charge in [0.1, 0.15) is 5.82 Å². The zero-order valence-corrected chi connectivity index (χ0v) is 9.79. The van der Waals surface area contributed by atoms with E-state index >= 15 is 0 Å². The highest BCUT2D eigenvalue weighted by Crippen LogP contribution is 2.24. The highest BCUT2D eigenvalue weighted by molar-refractivity contribution is 5.19. The first-order chi connectivity index (χ1) is 7.22. The van der Waals surface area contributed by atoms with Gasteiger partial charge in [-0.3, -0.25) is 0 Å². The van der Waals surface area contributed by atoms with Crippen LogP contribution in [-0.4, -0.2) is 16.1 Å². The molecular formula is C12H21N3. The van der Waals surface area contributed by atoms with Crippen molar-refractivity contribution in [1.29, 1.82) is 0 Å². The second kappa shape index (κ2) is 4.35. The number of fused-ring (bicyclic) bond motifs is 1. The number of hydrogen-bond acceptors (Lipinski definition) is 2. The van der Waals surface area contributed by atoms with Gasteiger partial charge in [0.15, 0.2) is 0 Å². The molecule has 3 heteroatoms. The molecule has 1 aliphatic rings. The van der Waals surface area contributed by atoms with Crippen molar-refractivity contribution < 1.29 is 0 Å².